The summed E-state index contributed by atoms with van der Waals surface area (Å²) in [6.07, 6.45) is 1.60. The second-order valence-electron chi connectivity index (χ2n) is 6.61. The number of carbonyl (C=O) groups excluding carboxylic acids is 2. The van der Waals surface area contributed by atoms with Gasteiger partial charge in [0.15, 0.2) is 0 Å². The van der Waals surface area contributed by atoms with E-state index >= 15 is 0 Å². The van der Waals surface area contributed by atoms with Crippen LogP contribution in [0, 0.1) is 5.92 Å². The van der Waals surface area contributed by atoms with Gasteiger partial charge in [-0.1, -0.05) is 18.2 Å². The first-order valence-corrected chi connectivity index (χ1v) is 9.25. The lowest BCUT2D eigenvalue weighted by Crippen LogP contribution is -2.43. The zero-order valence-electron chi connectivity index (χ0n) is 15.7. The van der Waals surface area contributed by atoms with Crippen molar-refractivity contribution in [2.24, 2.45) is 11.7 Å². The number of benzene rings is 2. The Kier molecular flexibility index (Phi) is 8.29. The monoisotopic (exact) mass is 403 g/mol. The van der Waals surface area contributed by atoms with Gasteiger partial charge < -0.3 is 20.7 Å². The van der Waals surface area contributed by atoms with Crippen LogP contribution in [0.2, 0.25) is 0 Å². The van der Waals surface area contributed by atoms with E-state index in [0.717, 1.165) is 18.6 Å². The van der Waals surface area contributed by atoms with Crippen molar-refractivity contribution in [3.63, 3.8) is 0 Å². The Balaban J connectivity index is 0.00000280. The zero-order valence-corrected chi connectivity index (χ0v) is 16.5. The van der Waals surface area contributed by atoms with Crippen LogP contribution in [-0.4, -0.2) is 43.0 Å². The van der Waals surface area contributed by atoms with Crippen LogP contribution < -0.4 is 15.8 Å². The second kappa shape index (κ2) is 10.7. The van der Waals surface area contributed by atoms with Crippen molar-refractivity contribution >= 4 is 29.9 Å². The Bertz CT molecular complexity index is 768. The third-order valence-electron chi connectivity index (χ3n) is 4.61. The van der Waals surface area contributed by atoms with Crippen molar-refractivity contribution in [1.29, 1.82) is 0 Å². The molecule has 1 fully saturated rings. The Labute approximate surface area is 171 Å². The molecule has 0 aromatic heterocycles. The molecule has 1 aliphatic rings. The molecular weight excluding hydrogens is 378 g/mol. The first-order chi connectivity index (χ1) is 13.2. The van der Waals surface area contributed by atoms with E-state index in [1.165, 1.54) is 0 Å². The van der Waals surface area contributed by atoms with Gasteiger partial charge in [0.05, 0.1) is 5.92 Å². The van der Waals surface area contributed by atoms with Crippen molar-refractivity contribution < 1.29 is 14.3 Å². The molecule has 1 aliphatic heterocycles. The predicted molar refractivity (Wildman–Crippen MR) is 112 cm³/mol. The van der Waals surface area contributed by atoms with Gasteiger partial charge in [0.2, 0.25) is 5.91 Å². The standard InChI is InChI=1S/C21H25N3O3.ClH/c22-12-14-27-19-10-8-18(9-11-19)23-20(25)17-7-4-13-24(15-17)21(26)16-5-2-1-3-6-16;/h1-3,5-6,8-11,17H,4,7,12-15,22H2,(H,23,25);1H. The number of nitrogens with zero attached hydrogens (tertiary/aromatic N) is 1. The van der Waals surface area contributed by atoms with Crippen molar-refractivity contribution in [3.8, 4) is 5.75 Å². The Morgan fingerprint density at radius 1 is 1.11 bits per heavy atom. The molecule has 1 atom stereocenters. The smallest absolute Gasteiger partial charge is 0.253 e. The highest BCUT2D eigenvalue weighted by Crippen LogP contribution is 2.21. The van der Waals surface area contributed by atoms with Crippen molar-refractivity contribution in [3.05, 3.63) is 60.2 Å². The topological polar surface area (TPSA) is 84.7 Å². The molecule has 3 rings (SSSR count). The van der Waals surface area contributed by atoms with Crippen LogP contribution in [0.3, 0.4) is 0 Å². The van der Waals surface area contributed by atoms with Crippen LogP contribution in [0.25, 0.3) is 0 Å². The van der Waals surface area contributed by atoms with E-state index < -0.39 is 0 Å². The van der Waals surface area contributed by atoms with Crippen molar-refractivity contribution in [2.75, 3.05) is 31.6 Å². The van der Waals surface area contributed by atoms with E-state index in [2.05, 4.69) is 5.32 Å². The number of likely N-dealkylation sites (tertiary alicyclic amines) is 1. The van der Waals surface area contributed by atoms with Crippen molar-refractivity contribution in [1.82, 2.24) is 4.90 Å². The highest BCUT2D eigenvalue weighted by molar-refractivity contribution is 5.96. The molecule has 0 aliphatic carbocycles. The molecule has 1 saturated heterocycles. The van der Waals surface area contributed by atoms with E-state index in [-0.39, 0.29) is 30.1 Å². The SMILES string of the molecule is Cl.NCCOc1ccc(NC(=O)C2CCCN(C(=O)c3ccccc3)C2)cc1. The molecule has 3 N–H and O–H groups in total. The molecule has 2 amide bonds. The molecule has 0 radical (unpaired) electrons. The summed E-state index contributed by atoms with van der Waals surface area (Å²) in [5, 5.41) is 2.94. The van der Waals surface area contributed by atoms with E-state index in [1.807, 2.05) is 18.2 Å². The quantitative estimate of drug-likeness (QED) is 0.776. The van der Waals surface area contributed by atoms with Crippen LogP contribution >= 0.6 is 12.4 Å². The number of rotatable bonds is 6. The summed E-state index contributed by atoms with van der Waals surface area (Å²) >= 11 is 0. The minimum Gasteiger partial charge on any atom is -0.492 e. The summed E-state index contributed by atoms with van der Waals surface area (Å²) in [6, 6.07) is 16.4. The number of hydrogen-bond donors (Lipinski definition) is 2. The predicted octanol–water partition coefficient (Wildman–Crippen LogP) is 2.94. The molecule has 7 heteroatoms. The van der Waals surface area contributed by atoms with Crippen LogP contribution in [0.4, 0.5) is 5.69 Å². The molecule has 150 valence electrons. The van der Waals surface area contributed by atoms with Crippen LogP contribution in [0.1, 0.15) is 23.2 Å². The van der Waals surface area contributed by atoms with Gasteiger partial charge in [-0.2, -0.15) is 0 Å². The van der Waals surface area contributed by atoms with Gasteiger partial charge in [-0.25, -0.2) is 0 Å². The molecule has 1 heterocycles. The lowest BCUT2D eigenvalue weighted by Gasteiger charge is -2.32. The number of carbonyl (C=O) groups is 2. The highest BCUT2D eigenvalue weighted by Gasteiger charge is 2.28. The van der Waals surface area contributed by atoms with Gasteiger partial charge in [0.1, 0.15) is 12.4 Å². The second-order valence-corrected chi connectivity index (χ2v) is 6.61. The third kappa shape index (κ3) is 5.71. The van der Waals surface area contributed by atoms with Gasteiger partial charge >= 0.3 is 0 Å². The number of hydrogen-bond acceptors (Lipinski definition) is 4. The molecule has 2 aromatic rings. The maximum Gasteiger partial charge on any atom is 0.253 e. The number of nitrogens with two attached hydrogens (primary N) is 1. The Morgan fingerprint density at radius 3 is 2.50 bits per heavy atom. The lowest BCUT2D eigenvalue weighted by atomic mass is 9.96. The lowest BCUT2D eigenvalue weighted by molar-refractivity contribution is -0.121. The molecule has 6 nitrogen and oxygen atoms in total. The van der Waals surface area contributed by atoms with Crippen molar-refractivity contribution in [2.45, 2.75) is 12.8 Å². The normalized spacial score (nSPS) is 16.0. The van der Waals surface area contributed by atoms with Gasteiger partial charge in [-0.3, -0.25) is 9.59 Å². The highest BCUT2D eigenvalue weighted by atomic mass is 35.5. The fraction of sp³-hybridized carbons (Fsp3) is 0.333. The van der Waals surface area contributed by atoms with E-state index in [1.54, 1.807) is 41.3 Å². The number of anilines is 1. The first-order valence-electron chi connectivity index (χ1n) is 9.25. The van der Waals surface area contributed by atoms with E-state index in [0.29, 0.717) is 37.5 Å². The van der Waals surface area contributed by atoms with Gasteiger partial charge in [-0.15, -0.1) is 12.4 Å². The number of nitrogens with one attached hydrogen (secondary N) is 1. The zero-order chi connectivity index (χ0) is 19.1. The molecule has 0 spiro atoms. The van der Waals surface area contributed by atoms with E-state index in [9.17, 15) is 9.59 Å². The number of amides is 2. The summed E-state index contributed by atoms with van der Waals surface area (Å²) in [4.78, 5) is 27.0. The molecule has 2 aromatic carbocycles. The summed E-state index contributed by atoms with van der Waals surface area (Å²) in [5.41, 5.74) is 6.79. The van der Waals surface area contributed by atoms with Crippen LogP contribution in [0.15, 0.2) is 54.6 Å². The number of halogens is 1. The fourth-order valence-corrected chi connectivity index (χ4v) is 3.19. The minimum absolute atomic E-state index is 0. The summed E-state index contributed by atoms with van der Waals surface area (Å²) in [6.45, 7) is 2.04. The average Bonchev–Trinajstić information content (AvgIpc) is 2.73. The Morgan fingerprint density at radius 2 is 1.82 bits per heavy atom. The molecule has 0 saturated carbocycles. The molecular formula is C21H26ClN3O3. The Hall–Kier alpha value is -2.57. The summed E-state index contributed by atoms with van der Waals surface area (Å²) < 4.78 is 5.43. The summed E-state index contributed by atoms with van der Waals surface area (Å²) in [5.74, 6) is 0.432. The number of piperidine rings is 1. The van der Waals surface area contributed by atoms with E-state index in [4.69, 9.17) is 10.5 Å². The summed E-state index contributed by atoms with van der Waals surface area (Å²) in [7, 11) is 0. The van der Waals surface area contributed by atoms with Crippen LogP contribution in [-0.2, 0) is 4.79 Å². The van der Waals surface area contributed by atoms with Gasteiger partial charge in [-0.05, 0) is 49.2 Å². The fourth-order valence-electron chi connectivity index (χ4n) is 3.19. The molecule has 0 bridgehead atoms. The number of ether oxygens (including phenoxy) is 1. The maximum absolute atomic E-state index is 12.6. The molecule has 28 heavy (non-hydrogen) atoms. The third-order valence-corrected chi connectivity index (χ3v) is 4.61. The minimum atomic E-state index is -0.209. The largest absolute Gasteiger partial charge is 0.492 e. The first kappa shape index (κ1) is 21.7. The maximum atomic E-state index is 12.6. The van der Waals surface area contributed by atoms with Crippen LogP contribution in [0.5, 0.6) is 5.75 Å². The average molecular weight is 404 g/mol. The van der Waals surface area contributed by atoms with Gasteiger partial charge in [0.25, 0.3) is 5.91 Å². The van der Waals surface area contributed by atoms with Gasteiger partial charge in [0, 0.05) is 30.9 Å². The molecule has 1 unspecified atom stereocenters.